The van der Waals surface area contributed by atoms with Gasteiger partial charge in [0.2, 0.25) is 0 Å². The van der Waals surface area contributed by atoms with E-state index in [0.717, 1.165) is 32.1 Å². The summed E-state index contributed by atoms with van der Waals surface area (Å²) < 4.78 is 5.02. The van der Waals surface area contributed by atoms with Crippen LogP contribution in [0.15, 0.2) is 24.3 Å². The molecule has 1 unspecified atom stereocenters. The first-order valence-electron chi connectivity index (χ1n) is 13.7. The van der Waals surface area contributed by atoms with E-state index in [9.17, 15) is 34.1 Å². The number of ether oxygens (including phenoxy) is 1. The molecule has 1 fully saturated rings. The number of nitro benzene ring substituents is 1. The Kier molecular flexibility index (Phi) is 14.2. The first-order valence-corrected chi connectivity index (χ1v) is 16.2. The van der Waals surface area contributed by atoms with E-state index in [-0.39, 0.29) is 32.6 Å². The molecule has 0 bridgehead atoms. The zero-order valence-corrected chi connectivity index (χ0v) is 25.9. The molecule has 1 atom stereocenters. The van der Waals surface area contributed by atoms with Gasteiger partial charge in [0, 0.05) is 0 Å². The van der Waals surface area contributed by atoms with Gasteiger partial charge in [-0.3, -0.25) is 0 Å². The Morgan fingerprint density at radius 1 is 0.952 bits per heavy atom. The van der Waals surface area contributed by atoms with Crippen LogP contribution in [0.5, 0.6) is 0 Å². The van der Waals surface area contributed by atoms with Gasteiger partial charge in [-0.1, -0.05) is 0 Å². The van der Waals surface area contributed by atoms with Crippen molar-refractivity contribution in [2.75, 3.05) is 19.6 Å². The zero-order chi connectivity index (χ0) is 31.1. The molecule has 1 aliphatic rings. The molecule has 0 spiro atoms. The number of nitrogens with zero attached hydrogens (tertiary/aromatic N) is 1. The second-order valence-corrected chi connectivity index (χ2v) is 12.9. The number of nitro groups is 1. The summed E-state index contributed by atoms with van der Waals surface area (Å²) in [5.41, 5.74) is -0.141. The van der Waals surface area contributed by atoms with E-state index in [1.165, 1.54) is 6.07 Å². The monoisotopic (exact) mass is 656 g/mol. The predicted octanol–water partition coefficient (Wildman–Crippen LogP) is 0.908. The van der Waals surface area contributed by atoms with Gasteiger partial charge in [-0.2, -0.15) is 0 Å². The molecular weight excluding hydrogens is 615 g/mol. The minimum atomic E-state index is -0.863. The Labute approximate surface area is 251 Å². The Hall–Kier alpha value is -3.71. The van der Waals surface area contributed by atoms with E-state index in [1.54, 1.807) is 39.0 Å². The Morgan fingerprint density at radius 3 is 2.17 bits per heavy atom. The molecule has 0 aliphatic heterocycles. The zero-order valence-electron chi connectivity index (χ0n) is 24.2. The SMILES string of the molecule is CC(C)(C)OC(=O)NCC(=O)NCC(=O)NCC(=O)NC(C[Se]Cc1ccccc1[N+](=O)[O-])C(=O)NC1CCCCC1. The summed E-state index contributed by atoms with van der Waals surface area (Å²) in [5.74, 6) is -2.18. The summed E-state index contributed by atoms with van der Waals surface area (Å²) in [6, 6.07) is 5.59. The summed E-state index contributed by atoms with van der Waals surface area (Å²) in [4.78, 5) is 72.2. The van der Waals surface area contributed by atoms with E-state index in [4.69, 9.17) is 4.74 Å². The van der Waals surface area contributed by atoms with Crippen LogP contribution < -0.4 is 26.6 Å². The van der Waals surface area contributed by atoms with Crippen LogP contribution in [0, 0.1) is 10.1 Å². The van der Waals surface area contributed by atoms with Crippen molar-refractivity contribution >= 4 is 50.4 Å². The molecule has 42 heavy (non-hydrogen) atoms. The van der Waals surface area contributed by atoms with E-state index in [1.807, 2.05) is 0 Å². The number of rotatable bonds is 14. The van der Waals surface area contributed by atoms with Crippen molar-refractivity contribution in [1.29, 1.82) is 0 Å². The number of amides is 5. The standard InChI is InChI=1S/C27H40N6O8Se/c1-27(2,3)41-26(38)30-14-23(35)28-13-22(34)29-15-24(36)32-20(25(37)31-19-10-5-4-6-11-19)17-42-16-18-9-7-8-12-21(18)33(39)40/h7-9,12,19-20H,4-6,10-11,13-17H2,1-3H3,(H,28,35)(H,29,34)(H,30,38)(H,31,37)(H,32,36). The van der Waals surface area contributed by atoms with E-state index >= 15 is 0 Å². The molecule has 232 valence electrons. The maximum absolute atomic E-state index is 13.1. The molecule has 2 rings (SSSR count). The van der Waals surface area contributed by atoms with E-state index < -0.39 is 60.0 Å². The van der Waals surface area contributed by atoms with Crippen LogP contribution in [0.4, 0.5) is 10.5 Å². The first kappa shape index (κ1) is 34.5. The third-order valence-corrected chi connectivity index (χ3v) is 8.29. The molecule has 14 nitrogen and oxygen atoms in total. The van der Waals surface area contributed by atoms with Gasteiger partial charge in [0.25, 0.3) is 0 Å². The Bertz CT molecular complexity index is 1120. The fourth-order valence-electron chi connectivity index (χ4n) is 4.02. The molecule has 5 amide bonds. The van der Waals surface area contributed by atoms with Crippen molar-refractivity contribution in [3.05, 3.63) is 39.9 Å². The molecule has 15 heteroatoms. The van der Waals surface area contributed by atoms with Gasteiger partial charge in [0.05, 0.1) is 0 Å². The number of carbonyl (C=O) groups is 5. The third kappa shape index (κ3) is 13.8. The van der Waals surface area contributed by atoms with Crippen LogP contribution in [-0.4, -0.2) is 86.9 Å². The van der Waals surface area contributed by atoms with Crippen LogP contribution in [0.3, 0.4) is 0 Å². The molecule has 0 radical (unpaired) electrons. The number of nitrogens with one attached hydrogen (secondary N) is 5. The average molecular weight is 656 g/mol. The van der Waals surface area contributed by atoms with Gasteiger partial charge in [-0.05, 0) is 20.8 Å². The van der Waals surface area contributed by atoms with Gasteiger partial charge in [0.1, 0.15) is 5.60 Å². The summed E-state index contributed by atoms with van der Waals surface area (Å²) in [7, 11) is 0. The van der Waals surface area contributed by atoms with Crippen LogP contribution in [0.2, 0.25) is 5.32 Å². The Morgan fingerprint density at radius 2 is 1.55 bits per heavy atom. The van der Waals surface area contributed by atoms with Crippen molar-refractivity contribution < 1.29 is 33.6 Å². The van der Waals surface area contributed by atoms with Gasteiger partial charge in [-0.25, -0.2) is 4.79 Å². The number of hydrogen-bond acceptors (Lipinski definition) is 8. The molecule has 1 aromatic carbocycles. The predicted molar refractivity (Wildman–Crippen MR) is 155 cm³/mol. The molecule has 5 N–H and O–H groups in total. The Balaban J connectivity index is 1.84. The van der Waals surface area contributed by atoms with Crippen LogP contribution >= 0.6 is 0 Å². The molecule has 1 aliphatic carbocycles. The summed E-state index contributed by atoms with van der Waals surface area (Å²) in [6.45, 7) is 3.80. The van der Waals surface area contributed by atoms with Gasteiger partial charge in [0.15, 0.2) is 0 Å². The molecule has 1 aromatic rings. The number of hydrogen-bond donors (Lipinski definition) is 5. The van der Waals surface area contributed by atoms with E-state index in [2.05, 4.69) is 26.6 Å². The normalized spacial score (nSPS) is 14.2. The van der Waals surface area contributed by atoms with Crippen molar-refractivity contribution in [3.63, 3.8) is 0 Å². The van der Waals surface area contributed by atoms with Crippen LogP contribution in [0.25, 0.3) is 0 Å². The second kappa shape index (κ2) is 17.3. The minimum absolute atomic E-state index is 0.0158. The summed E-state index contributed by atoms with van der Waals surface area (Å²) in [6.07, 6.45) is 4.11. The third-order valence-electron chi connectivity index (χ3n) is 6.02. The molecule has 0 aromatic heterocycles. The van der Waals surface area contributed by atoms with Crippen LogP contribution in [0.1, 0.15) is 58.4 Å². The van der Waals surface area contributed by atoms with Crippen molar-refractivity contribution in [3.8, 4) is 0 Å². The summed E-state index contributed by atoms with van der Waals surface area (Å²) >= 11 is -0.241. The van der Waals surface area contributed by atoms with Crippen LogP contribution in [-0.2, 0) is 29.2 Å². The molecule has 0 saturated heterocycles. The average Bonchev–Trinajstić information content (AvgIpc) is 2.93. The van der Waals surface area contributed by atoms with Crippen molar-refractivity contribution in [2.45, 2.75) is 81.2 Å². The fraction of sp³-hybridized carbons (Fsp3) is 0.593. The van der Waals surface area contributed by atoms with Gasteiger partial charge in [-0.15, -0.1) is 0 Å². The van der Waals surface area contributed by atoms with Crippen molar-refractivity contribution in [2.24, 2.45) is 0 Å². The number of alkyl carbamates (subject to hydrolysis) is 1. The number of benzene rings is 1. The summed E-state index contributed by atoms with van der Waals surface area (Å²) in [5, 5.41) is 24.7. The molecular formula is C27H40N6O8Se. The van der Waals surface area contributed by atoms with Gasteiger partial charge < -0.3 is 4.74 Å². The van der Waals surface area contributed by atoms with Gasteiger partial charge >= 0.3 is 215 Å². The topological polar surface area (TPSA) is 198 Å². The quantitative estimate of drug-likeness (QED) is 0.111. The number of carbonyl (C=O) groups excluding carboxylic acids is 5. The van der Waals surface area contributed by atoms with E-state index in [0.29, 0.717) is 16.2 Å². The fourth-order valence-corrected chi connectivity index (χ4v) is 6.23. The second-order valence-electron chi connectivity index (χ2n) is 10.8. The number of para-hydroxylation sites is 1. The first-order chi connectivity index (χ1) is 19.8. The maximum atomic E-state index is 13.1. The molecule has 0 heterocycles. The van der Waals surface area contributed by atoms with Crippen molar-refractivity contribution in [1.82, 2.24) is 26.6 Å². The molecule has 1 saturated carbocycles.